The van der Waals surface area contributed by atoms with E-state index in [1.807, 2.05) is 32.9 Å². The van der Waals surface area contributed by atoms with E-state index in [1.165, 1.54) is 0 Å². The summed E-state index contributed by atoms with van der Waals surface area (Å²) in [5.74, 6) is -1.87. The second kappa shape index (κ2) is 5.84. The van der Waals surface area contributed by atoms with E-state index in [9.17, 15) is 9.59 Å². The molecule has 0 radical (unpaired) electrons. The molecule has 96 valence electrons. The molecule has 1 aliphatic rings. The Morgan fingerprint density at radius 2 is 1.82 bits per heavy atom. The lowest BCUT2D eigenvalue weighted by Gasteiger charge is -2.32. The summed E-state index contributed by atoms with van der Waals surface area (Å²) in [5.41, 5.74) is 0. The van der Waals surface area contributed by atoms with Gasteiger partial charge in [-0.15, -0.1) is 0 Å². The molecule has 0 saturated heterocycles. The van der Waals surface area contributed by atoms with Gasteiger partial charge in [-0.3, -0.25) is 9.59 Å². The second-order valence-corrected chi connectivity index (χ2v) is 4.71. The van der Waals surface area contributed by atoms with Crippen LogP contribution in [0.5, 0.6) is 0 Å². The van der Waals surface area contributed by atoms with Gasteiger partial charge in [0.15, 0.2) is 0 Å². The van der Waals surface area contributed by atoms with E-state index in [0.29, 0.717) is 19.4 Å². The van der Waals surface area contributed by atoms with Gasteiger partial charge in [-0.2, -0.15) is 0 Å². The van der Waals surface area contributed by atoms with Crippen LogP contribution in [0.1, 0.15) is 33.6 Å². The number of carbonyl (C=O) groups excluding carboxylic acids is 1. The van der Waals surface area contributed by atoms with Gasteiger partial charge in [-0.25, -0.2) is 0 Å². The Balaban J connectivity index is 2.85. The zero-order chi connectivity index (χ0) is 13.0. The number of hydrogen-bond donors (Lipinski definition) is 1. The summed E-state index contributed by atoms with van der Waals surface area (Å²) in [6.45, 7) is 6.46. The number of carboxylic acid groups (broad SMARTS) is 1. The average molecular weight is 239 g/mol. The molecular formula is C13H21NO3. The van der Waals surface area contributed by atoms with Crippen molar-refractivity contribution in [1.29, 1.82) is 0 Å². The molecule has 1 rings (SSSR count). The van der Waals surface area contributed by atoms with Crippen LogP contribution in [0.3, 0.4) is 0 Å². The number of carboxylic acids is 1. The van der Waals surface area contributed by atoms with Crippen LogP contribution < -0.4 is 0 Å². The fraction of sp³-hybridized carbons (Fsp3) is 0.692. The van der Waals surface area contributed by atoms with Crippen LogP contribution in [0.15, 0.2) is 12.2 Å². The topological polar surface area (TPSA) is 57.6 Å². The normalized spacial score (nSPS) is 23.8. The Morgan fingerprint density at radius 3 is 2.24 bits per heavy atom. The number of hydrogen-bond acceptors (Lipinski definition) is 2. The second-order valence-electron chi connectivity index (χ2n) is 4.71. The number of allylic oxidation sites excluding steroid dienone is 2. The summed E-state index contributed by atoms with van der Waals surface area (Å²) in [6.07, 6.45) is 4.77. The Hall–Kier alpha value is -1.32. The Labute approximate surface area is 102 Å². The van der Waals surface area contributed by atoms with Gasteiger partial charge in [-0.1, -0.05) is 12.2 Å². The number of nitrogens with zero attached hydrogens (tertiary/aromatic N) is 1. The van der Waals surface area contributed by atoms with Gasteiger partial charge >= 0.3 is 5.97 Å². The Kier molecular flexibility index (Phi) is 4.73. The van der Waals surface area contributed by atoms with Crippen molar-refractivity contribution in [2.45, 2.75) is 39.7 Å². The molecule has 0 aromatic carbocycles. The monoisotopic (exact) mass is 239 g/mol. The molecule has 4 nitrogen and oxygen atoms in total. The summed E-state index contributed by atoms with van der Waals surface area (Å²) in [6, 6.07) is 0.118. The highest BCUT2D eigenvalue weighted by molar-refractivity contribution is 5.85. The molecule has 0 bridgehead atoms. The number of aliphatic carboxylic acids is 1. The van der Waals surface area contributed by atoms with Crippen molar-refractivity contribution in [3.8, 4) is 0 Å². The third kappa shape index (κ3) is 3.08. The predicted octanol–water partition coefficient (Wildman–Crippen LogP) is 1.91. The Bertz CT molecular complexity index is 323. The van der Waals surface area contributed by atoms with Crippen molar-refractivity contribution in [2.75, 3.05) is 6.54 Å². The lowest BCUT2D eigenvalue weighted by atomic mass is 9.82. The first-order chi connectivity index (χ1) is 7.99. The van der Waals surface area contributed by atoms with Gasteiger partial charge in [0, 0.05) is 12.6 Å². The summed E-state index contributed by atoms with van der Waals surface area (Å²) in [7, 11) is 0. The zero-order valence-electron chi connectivity index (χ0n) is 10.7. The van der Waals surface area contributed by atoms with Crippen LogP contribution in [0.25, 0.3) is 0 Å². The smallest absolute Gasteiger partial charge is 0.307 e. The molecule has 0 aromatic heterocycles. The summed E-state index contributed by atoms with van der Waals surface area (Å²) in [4.78, 5) is 25.2. The van der Waals surface area contributed by atoms with E-state index in [-0.39, 0.29) is 11.9 Å². The maximum Gasteiger partial charge on any atom is 0.307 e. The fourth-order valence-electron chi connectivity index (χ4n) is 2.35. The first kappa shape index (κ1) is 13.7. The first-order valence-electron chi connectivity index (χ1n) is 6.17. The highest BCUT2D eigenvalue weighted by Crippen LogP contribution is 2.28. The largest absolute Gasteiger partial charge is 0.481 e. The maximum atomic E-state index is 12.3. The van der Waals surface area contributed by atoms with Crippen LogP contribution >= 0.6 is 0 Å². The highest BCUT2D eigenvalue weighted by atomic mass is 16.4. The average Bonchev–Trinajstić information content (AvgIpc) is 2.29. The Morgan fingerprint density at radius 1 is 1.29 bits per heavy atom. The molecule has 1 N–H and O–H groups in total. The van der Waals surface area contributed by atoms with Gasteiger partial charge in [-0.05, 0) is 33.6 Å². The van der Waals surface area contributed by atoms with Crippen LogP contribution in [-0.2, 0) is 9.59 Å². The molecule has 0 fully saturated rings. The fourth-order valence-corrected chi connectivity index (χ4v) is 2.35. The predicted molar refractivity (Wildman–Crippen MR) is 65.5 cm³/mol. The first-order valence-corrected chi connectivity index (χ1v) is 6.17. The van der Waals surface area contributed by atoms with Crippen molar-refractivity contribution in [3.63, 3.8) is 0 Å². The third-order valence-corrected chi connectivity index (χ3v) is 3.31. The van der Waals surface area contributed by atoms with E-state index in [2.05, 4.69) is 0 Å². The van der Waals surface area contributed by atoms with Gasteiger partial charge in [0.1, 0.15) is 0 Å². The zero-order valence-corrected chi connectivity index (χ0v) is 10.7. The molecule has 0 heterocycles. The minimum atomic E-state index is -0.868. The molecule has 0 spiro atoms. The van der Waals surface area contributed by atoms with E-state index >= 15 is 0 Å². The van der Waals surface area contributed by atoms with E-state index < -0.39 is 17.8 Å². The van der Waals surface area contributed by atoms with E-state index in [0.717, 1.165) is 0 Å². The van der Waals surface area contributed by atoms with Crippen LogP contribution in [0.2, 0.25) is 0 Å². The molecule has 0 saturated carbocycles. The molecule has 1 amide bonds. The van der Waals surface area contributed by atoms with Gasteiger partial charge < -0.3 is 10.0 Å². The van der Waals surface area contributed by atoms with E-state index in [1.54, 1.807) is 4.90 Å². The maximum absolute atomic E-state index is 12.3. The number of carbonyl (C=O) groups is 2. The minimum absolute atomic E-state index is 0.0285. The molecule has 1 aliphatic carbocycles. The summed E-state index contributed by atoms with van der Waals surface area (Å²) in [5, 5.41) is 9.15. The lowest BCUT2D eigenvalue weighted by Crippen LogP contribution is -2.44. The highest BCUT2D eigenvalue weighted by Gasteiger charge is 2.36. The van der Waals surface area contributed by atoms with Crippen molar-refractivity contribution in [1.82, 2.24) is 4.90 Å². The molecule has 4 heteroatoms. The molecule has 2 unspecified atom stereocenters. The van der Waals surface area contributed by atoms with Crippen LogP contribution in [0, 0.1) is 11.8 Å². The number of amides is 1. The lowest BCUT2D eigenvalue weighted by molar-refractivity contribution is -0.151. The molecule has 2 atom stereocenters. The van der Waals surface area contributed by atoms with Crippen LogP contribution in [0.4, 0.5) is 0 Å². The van der Waals surface area contributed by atoms with Crippen molar-refractivity contribution in [3.05, 3.63) is 12.2 Å². The van der Waals surface area contributed by atoms with E-state index in [4.69, 9.17) is 5.11 Å². The SMILES string of the molecule is CCN(C(=O)C1CC=CCC1C(=O)O)C(C)C. The summed E-state index contributed by atoms with van der Waals surface area (Å²) < 4.78 is 0. The van der Waals surface area contributed by atoms with Crippen LogP contribution in [-0.4, -0.2) is 34.5 Å². The van der Waals surface area contributed by atoms with Crippen molar-refractivity contribution in [2.24, 2.45) is 11.8 Å². The molecule has 0 aromatic rings. The number of rotatable bonds is 4. The molecule has 17 heavy (non-hydrogen) atoms. The minimum Gasteiger partial charge on any atom is -0.481 e. The molecular weight excluding hydrogens is 218 g/mol. The third-order valence-electron chi connectivity index (χ3n) is 3.31. The summed E-state index contributed by atoms with van der Waals surface area (Å²) >= 11 is 0. The quantitative estimate of drug-likeness (QED) is 0.762. The van der Waals surface area contributed by atoms with Gasteiger partial charge in [0.05, 0.1) is 11.8 Å². The van der Waals surface area contributed by atoms with Gasteiger partial charge in [0.25, 0.3) is 0 Å². The van der Waals surface area contributed by atoms with Crippen molar-refractivity contribution < 1.29 is 14.7 Å². The van der Waals surface area contributed by atoms with Gasteiger partial charge in [0.2, 0.25) is 5.91 Å². The molecule has 0 aliphatic heterocycles. The van der Waals surface area contributed by atoms with Crippen molar-refractivity contribution >= 4 is 11.9 Å². The standard InChI is InChI=1S/C13H21NO3/c1-4-14(9(2)3)12(15)10-7-5-6-8-11(10)13(16)17/h5-6,9-11H,4,7-8H2,1-3H3,(H,16,17).